The van der Waals surface area contributed by atoms with E-state index >= 15 is 0 Å². The molecule has 5 aromatic rings. The summed E-state index contributed by atoms with van der Waals surface area (Å²) in [6.45, 7) is 1.12. The summed E-state index contributed by atoms with van der Waals surface area (Å²) in [6.07, 6.45) is 1.23. The number of hydrogen-bond donors (Lipinski definition) is 1. The molecule has 6 rings (SSSR count). The van der Waals surface area contributed by atoms with Gasteiger partial charge >= 0.3 is 5.97 Å². The van der Waals surface area contributed by atoms with Gasteiger partial charge in [0, 0.05) is 23.4 Å². The van der Waals surface area contributed by atoms with E-state index in [0.29, 0.717) is 52.2 Å². The third-order valence-corrected chi connectivity index (χ3v) is 7.31. The summed E-state index contributed by atoms with van der Waals surface area (Å²) in [4.78, 5) is 25.7. The average Bonchev–Trinajstić information content (AvgIpc) is 3.35. The monoisotopic (exact) mass is 588 g/mol. The van der Waals surface area contributed by atoms with Crippen LogP contribution in [0.5, 0.6) is 5.75 Å². The zero-order valence-electron chi connectivity index (χ0n) is 22.5. The standard InChI is InChI=1S/C31H26ClFN4O5/c1-40-31(39)26-8-7-25-29(36-26)37(16-23-10-12-41-23)30(35-25)28(38)27-14-19(9-11-34-27)18-3-2-4-22(13-18)42-17-20-5-6-21(32)15-24(20)33/h2-9,11,13-15,23,28,38H,10,12,16-17H2,1H3/t23-,28?/m0/s1. The number of aliphatic hydroxyl groups excluding tert-OH is 1. The fourth-order valence-corrected chi connectivity index (χ4v) is 4.89. The molecule has 0 radical (unpaired) electrons. The number of carbonyl (C=O) groups excluding carboxylic acids is 1. The number of carbonyl (C=O) groups is 1. The zero-order valence-corrected chi connectivity index (χ0v) is 23.3. The zero-order chi connectivity index (χ0) is 29.2. The number of benzene rings is 2. The van der Waals surface area contributed by atoms with Gasteiger partial charge in [-0.05, 0) is 66.1 Å². The molecular weight excluding hydrogens is 563 g/mol. The third kappa shape index (κ3) is 5.69. The molecular formula is C31H26ClFN4O5. The highest BCUT2D eigenvalue weighted by atomic mass is 35.5. The van der Waals surface area contributed by atoms with Crippen molar-refractivity contribution in [3.63, 3.8) is 0 Å². The maximum atomic E-state index is 14.2. The number of imidazole rings is 1. The summed E-state index contributed by atoms with van der Waals surface area (Å²) >= 11 is 5.85. The fraction of sp³-hybridized carbons (Fsp3) is 0.226. The van der Waals surface area contributed by atoms with Crippen LogP contribution in [0.2, 0.25) is 5.02 Å². The van der Waals surface area contributed by atoms with E-state index in [-0.39, 0.29) is 18.4 Å². The molecule has 1 aliphatic heterocycles. The van der Waals surface area contributed by atoms with E-state index in [1.807, 2.05) is 24.3 Å². The largest absolute Gasteiger partial charge is 0.489 e. The van der Waals surface area contributed by atoms with Gasteiger partial charge in [0.05, 0.1) is 25.5 Å². The number of aliphatic hydroxyl groups is 1. The normalized spacial score (nSPS) is 15.3. The minimum absolute atomic E-state index is 0.0411. The number of ether oxygens (including phenoxy) is 3. The summed E-state index contributed by atoms with van der Waals surface area (Å²) in [5.74, 6) is -0.110. The van der Waals surface area contributed by atoms with Crippen LogP contribution in [0.4, 0.5) is 4.39 Å². The van der Waals surface area contributed by atoms with E-state index in [0.717, 1.165) is 17.5 Å². The molecule has 1 aliphatic rings. The van der Waals surface area contributed by atoms with Crippen molar-refractivity contribution in [2.45, 2.75) is 31.8 Å². The van der Waals surface area contributed by atoms with Crippen LogP contribution >= 0.6 is 11.6 Å². The van der Waals surface area contributed by atoms with Crippen LogP contribution in [-0.4, -0.2) is 50.4 Å². The molecule has 0 amide bonds. The number of halogens is 2. The van der Waals surface area contributed by atoms with Crippen LogP contribution in [-0.2, 0) is 22.6 Å². The molecule has 42 heavy (non-hydrogen) atoms. The minimum atomic E-state index is -1.19. The molecule has 1 N–H and O–H groups in total. The first-order valence-corrected chi connectivity index (χ1v) is 13.7. The van der Waals surface area contributed by atoms with Gasteiger partial charge in [0.25, 0.3) is 0 Å². The molecule has 214 valence electrons. The van der Waals surface area contributed by atoms with Crippen LogP contribution in [0, 0.1) is 5.82 Å². The summed E-state index contributed by atoms with van der Waals surface area (Å²) in [5, 5.41) is 11.8. The van der Waals surface area contributed by atoms with Gasteiger partial charge < -0.3 is 23.9 Å². The van der Waals surface area contributed by atoms with Crippen molar-refractivity contribution in [1.29, 1.82) is 0 Å². The smallest absolute Gasteiger partial charge is 0.356 e. The van der Waals surface area contributed by atoms with Crippen LogP contribution in [0.25, 0.3) is 22.3 Å². The SMILES string of the molecule is COC(=O)c1ccc2nc(C(O)c3cc(-c4cccc(OCc5ccc(Cl)cc5F)c4)ccn3)n(C[C@@H]3CCO3)c2n1. The molecule has 11 heteroatoms. The van der Waals surface area contributed by atoms with Gasteiger partial charge in [-0.1, -0.05) is 29.8 Å². The first kappa shape index (κ1) is 27.8. The first-order valence-electron chi connectivity index (χ1n) is 13.3. The second-order valence-electron chi connectivity index (χ2n) is 9.82. The van der Waals surface area contributed by atoms with Gasteiger partial charge in [-0.2, -0.15) is 0 Å². The molecule has 1 unspecified atom stereocenters. The highest BCUT2D eigenvalue weighted by molar-refractivity contribution is 6.30. The van der Waals surface area contributed by atoms with E-state index in [9.17, 15) is 14.3 Å². The molecule has 2 atom stereocenters. The Bertz CT molecular complexity index is 1770. The lowest BCUT2D eigenvalue weighted by atomic mass is 10.0. The number of pyridine rings is 2. The molecule has 3 aromatic heterocycles. The number of methoxy groups -OCH3 is 1. The number of hydrogen-bond acceptors (Lipinski definition) is 8. The molecule has 4 heterocycles. The number of rotatable bonds is 9. The molecule has 1 saturated heterocycles. The van der Waals surface area contributed by atoms with E-state index < -0.39 is 17.9 Å². The fourth-order valence-electron chi connectivity index (χ4n) is 4.73. The highest BCUT2D eigenvalue weighted by Crippen LogP contribution is 2.30. The summed E-state index contributed by atoms with van der Waals surface area (Å²) in [5.41, 5.74) is 3.49. The maximum absolute atomic E-state index is 14.2. The molecule has 0 saturated carbocycles. The Morgan fingerprint density at radius 1 is 1.14 bits per heavy atom. The van der Waals surface area contributed by atoms with Crippen molar-refractivity contribution in [1.82, 2.24) is 19.5 Å². The summed E-state index contributed by atoms with van der Waals surface area (Å²) in [7, 11) is 1.29. The van der Waals surface area contributed by atoms with Crippen LogP contribution in [0.15, 0.2) is 72.9 Å². The Hall–Kier alpha value is -4.38. The average molecular weight is 589 g/mol. The lowest BCUT2D eigenvalue weighted by Crippen LogP contribution is -2.32. The Morgan fingerprint density at radius 3 is 2.74 bits per heavy atom. The Morgan fingerprint density at radius 2 is 1.98 bits per heavy atom. The van der Waals surface area contributed by atoms with Crippen molar-refractivity contribution < 1.29 is 28.5 Å². The van der Waals surface area contributed by atoms with E-state index in [1.165, 1.54) is 19.2 Å². The second kappa shape index (κ2) is 11.8. The van der Waals surface area contributed by atoms with Gasteiger partial charge in [0.2, 0.25) is 0 Å². The second-order valence-corrected chi connectivity index (χ2v) is 10.3. The van der Waals surface area contributed by atoms with Crippen molar-refractivity contribution in [3.05, 3.63) is 107 Å². The van der Waals surface area contributed by atoms with Gasteiger partial charge in [-0.15, -0.1) is 0 Å². The van der Waals surface area contributed by atoms with Crippen molar-refractivity contribution in [3.8, 4) is 16.9 Å². The molecule has 0 bridgehead atoms. The predicted molar refractivity (Wildman–Crippen MR) is 153 cm³/mol. The van der Waals surface area contributed by atoms with Gasteiger partial charge in [-0.3, -0.25) is 4.98 Å². The van der Waals surface area contributed by atoms with E-state index in [4.69, 9.17) is 25.8 Å². The van der Waals surface area contributed by atoms with E-state index in [2.05, 4.69) is 15.0 Å². The quantitative estimate of drug-likeness (QED) is 0.224. The van der Waals surface area contributed by atoms with E-state index in [1.54, 1.807) is 41.1 Å². The number of esters is 1. The summed E-state index contributed by atoms with van der Waals surface area (Å²) in [6, 6.07) is 18.6. The Labute approximate surface area is 245 Å². The molecule has 9 nitrogen and oxygen atoms in total. The van der Waals surface area contributed by atoms with Gasteiger partial charge in [-0.25, -0.2) is 19.2 Å². The first-order chi connectivity index (χ1) is 20.4. The van der Waals surface area contributed by atoms with Gasteiger partial charge in [0.15, 0.2) is 17.4 Å². The third-order valence-electron chi connectivity index (χ3n) is 7.08. The van der Waals surface area contributed by atoms with Crippen LogP contribution in [0.1, 0.15) is 40.1 Å². The van der Waals surface area contributed by atoms with Crippen LogP contribution < -0.4 is 4.74 Å². The van der Waals surface area contributed by atoms with Crippen LogP contribution in [0.3, 0.4) is 0 Å². The maximum Gasteiger partial charge on any atom is 0.356 e. The minimum Gasteiger partial charge on any atom is -0.489 e. The molecule has 0 aliphatic carbocycles. The summed E-state index contributed by atoms with van der Waals surface area (Å²) < 4.78 is 32.3. The number of aromatic nitrogens is 4. The lowest BCUT2D eigenvalue weighted by molar-refractivity contribution is -0.0595. The number of fused-ring (bicyclic) bond motifs is 1. The van der Waals surface area contributed by atoms with Crippen molar-refractivity contribution >= 4 is 28.7 Å². The van der Waals surface area contributed by atoms with Crippen molar-refractivity contribution in [2.75, 3.05) is 13.7 Å². The van der Waals surface area contributed by atoms with Gasteiger partial charge in [0.1, 0.15) is 29.5 Å². The predicted octanol–water partition coefficient (Wildman–Crippen LogP) is 5.52. The molecule has 1 fully saturated rings. The molecule has 2 aromatic carbocycles. The highest BCUT2D eigenvalue weighted by Gasteiger charge is 2.27. The van der Waals surface area contributed by atoms with Crippen molar-refractivity contribution in [2.24, 2.45) is 0 Å². The Balaban J connectivity index is 1.29. The Kier molecular flexibility index (Phi) is 7.84. The topological polar surface area (TPSA) is 109 Å². The number of nitrogens with zero attached hydrogens (tertiary/aromatic N) is 4. The lowest BCUT2D eigenvalue weighted by Gasteiger charge is -2.27. The molecule has 0 spiro atoms.